The van der Waals surface area contributed by atoms with Crippen molar-refractivity contribution in [3.8, 4) is 0 Å². The highest BCUT2D eigenvalue weighted by Crippen LogP contribution is 2.00. The van der Waals surface area contributed by atoms with Gasteiger partial charge in [-0.2, -0.15) is 0 Å². The molecule has 0 aliphatic rings. The molecule has 0 rings (SSSR count). The molecule has 0 aromatic carbocycles. The minimum absolute atomic E-state index is 0.238. The van der Waals surface area contributed by atoms with Crippen molar-refractivity contribution >= 4 is 5.97 Å². The molecule has 0 aliphatic heterocycles. The van der Waals surface area contributed by atoms with Gasteiger partial charge in [-0.3, -0.25) is 4.79 Å². The third kappa shape index (κ3) is 2.33. The van der Waals surface area contributed by atoms with Crippen LogP contribution in [0.15, 0.2) is 0 Å². The van der Waals surface area contributed by atoms with E-state index < -0.39 is 0 Å². The molecule has 4 nitrogen and oxygen atoms in total. The Bertz CT molecular complexity index is 114. The Morgan fingerprint density at radius 1 is 1.70 bits per heavy atom. The number of carbonyl (C=O) groups excluding carboxylic acids is 1. The second-order valence-electron chi connectivity index (χ2n) is 2.22. The van der Waals surface area contributed by atoms with Gasteiger partial charge in [0.25, 0.3) is 0 Å². The standard InChI is InChI=1S/C6H14N2O2/c1-4(8)5(3-7)6(9)10-2/h4-5H,3,7-8H2,1-2H3/t4-,5+/m1/s1. The van der Waals surface area contributed by atoms with E-state index in [0.29, 0.717) is 0 Å². The van der Waals surface area contributed by atoms with Gasteiger partial charge >= 0.3 is 5.97 Å². The topological polar surface area (TPSA) is 78.3 Å². The summed E-state index contributed by atoms with van der Waals surface area (Å²) in [5.74, 6) is -0.706. The minimum Gasteiger partial charge on any atom is -0.469 e. The Hall–Kier alpha value is -0.610. The summed E-state index contributed by atoms with van der Waals surface area (Å²) in [5, 5.41) is 0. The number of hydrogen-bond acceptors (Lipinski definition) is 4. The van der Waals surface area contributed by atoms with Crippen molar-refractivity contribution in [2.24, 2.45) is 17.4 Å². The summed E-state index contributed by atoms with van der Waals surface area (Å²) in [6, 6.07) is -0.238. The monoisotopic (exact) mass is 146 g/mol. The lowest BCUT2D eigenvalue weighted by Crippen LogP contribution is -2.38. The Labute approximate surface area is 60.5 Å². The van der Waals surface area contributed by atoms with E-state index in [1.807, 2.05) is 0 Å². The lowest BCUT2D eigenvalue weighted by Gasteiger charge is -2.14. The smallest absolute Gasteiger partial charge is 0.311 e. The van der Waals surface area contributed by atoms with E-state index in [-0.39, 0.29) is 24.5 Å². The maximum absolute atomic E-state index is 10.8. The van der Waals surface area contributed by atoms with Crippen molar-refractivity contribution in [2.45, 2.75) is 13.0 Å². The fourth-order valence-electron chi connectivity index (χ4n) is 0.677. The van der Waals surface area contributed by atoms with Crippen LogP contribution >= 0.6 is 0 Å². The second-order valence-corrected chi connectivity index (χ2v) is 2.22. The molecular weight excluding hydrogens is 132 g/mol. The highest BCUT2D eigenvalue weighted by molar-refractivity contribution is 5.73. The Kier molecular flexibility index (Phi) is 3.99. The zero-order chi connectivity index (χ0) is 8.15. The molecule has 10 heavy (non-hydrogen) atoms. The number of hydrogen-bond donors (Lipinski definition) is 2. The molecule has 2 atom stereocenters. The van der Waals surface area contributed by atoms with Crippen LogP contribution < -0.4 is 11.5 Å². The van der Waals surface area contributed by atoms with Crippen molar-refractivity contribution in [3.05, 3.63) is 0 Å². The maximum atomic E-state index is 10.8. The third-order valence-corrected chi connectivity index (χ3v) is 1.39. The third-order valence-electron chi connectivity index (χ3n) is 1.39. The largest absolute Gasteiger partial charge is 0.469 e. The molecule has 0 bridgehead atoms. The van der Waals surface area contributed by atoms with E-state index in [0.717, 1.165) is 0 Å². The van der Waals surface area contributed by atoms with Gasteiger partial charge in [-0.05, 0) is 6.92 Å². The van der Waals surface area contributed by atoms with Crippen molar-refractivity contribution in [1.29, 1.82) is 0 Å². The van der Waals surface area contributed by atoms with E-state index in [2.05, 4.69) is 4.74 Å². The molecule has 60 valence electrons. The highest BCUT2D eigenvalue weighted by atomic mass is 16.5. The number of ether oxygens (including phenoxy) is 1. The molecule has 0 radical (unpaired) electrons. The molecule has 0 saturated heterocycles. The molecule has 0 aliphatic carbocycles. The molecule has 4 N–H and O–H groups in total. The predicted octanol–water partition coefficient (Wildman–Crippen LogP) is -0.918. The number of nitrogens with two attached hydrogens (primary N) is 2. The van der Waals surface area contributed by atoms with Gasteiger partial charge in [0.05, 0.1) is 13.0 Å². The summed E-state index contributed by atoms with van der Waals surface area (Å²) in [4.78, 5) is 10.8. The average Bonchev–Trinajstić information content (AvgIpc) is 1.88. The molecule has 0 heterocycles. The summed E-state index contributed by atoms with van der Waals surface area (Å²) in [6.45, 7) is 1.97. The van der Waals surface area contributed by atoms with Crippen LogP contribution in [0.1, 0.15) is 6.92 Å². The van der Waals surface area contributed by atoms with Gasteiger partial charge in [-0.15, -0.1) is 0 Å². The highest BCUT2D eigenvalue weighted by Gasteiger charge is 2.20. The van der Waals surface area contributed by atoms with E-state index in [1.165, 1.54) is 7.11 Å². The van der Waals surface area contributed by atoms with Crippen LogP contribution in [0.4, 0.5) is 0 Å². The van der Waals surface area contributed by atoms with Crippen molar-refractivity contribution in [2.75, 3.05) is 13.7 Å². The van der Waals surface area contributed by atoms with Crippen LogP contribution in [-0.2, 0) is 9.53 Å². The molecule has 0 unspecified atom stereocenters. The first kappa shape index (κ1) is 9.39. The quantitative estimate of drug-likeness (QED) is 0.505. The number of rotatable bonds is 3. The minimum atomic E-state index is -0.370. The van der Waals surface area contributed by atoms with Crippen LogP contribution in [0.3, 0.4) is 0 Å². The van der Waals surface area contributed by atoms with Crippen LogP contribution in [-0.4, -0.2) is 25.7 Å². The molecule has 0 aromatic rings. The number of carbonyl (C=O) groups is 1. The second kappa shape index (κ2) is 4.24. The van der Waals surface area contributed by atoms with Gasteiger partial charge < -0.3 is 16.2 Å². The van der Waals surface area contributed by atoms with Gasteiger partial charge in [0.1, 0.15) is 0 Å². The van der Waals surface area contributed by atoms with Crippen LogP contribution in [0, 0.1) is 5.92 Å². The summed E-state index contributed by atoms with van der Waals surface area (Å²) in [5.41, 5.74) is 10.7. The van der Waals surface area contributed by atoms with Gasteiger partial charge in [0, 0.05) is 12.6 Å². The summed E-state index contributed by atoms with van der Waals surface area (Å²) in [6.07, 6.45) is 0. The zero-order valence-electron chi connectivity index (χ0n) is 6.33. The van der Waals surface area contributed by atoms with Crippen LogP contribution in [0.5, 0.6) is 0 Å². The van der Waals surface area contributed by atoms with Crippen molar-refractivity contribution in [1.82, 2.24) is 0 Å². The van der Waals surface area contributed by atoms with E-state index in [1.54, 1.807) is 6.92 Å². The first-order valence-corrected chi connectivity index (χ1v) is 3.17. The SMILES string of the molecule is COC(=O)[C@@H](CN)[C@@H](C)N. The molecular formula is C6H14N2O2. The van der Waals surface area contributed by atoms with Crippen LogP contribution in [0.2, 0.25) is 0 Å². The molecule has 4 heteroatoms. The first-order chi connectivity index (χ1) is 4.63. The fraction of sp³-hybridized carbons (Fsp3) is 0.833. The predicted molar refractivity (Wildman–Crippen MR) is 38.2 cm³/mol. The van der Waals surface area contributed by atoms with E-state index in [4.69, 9.17) is 11.5 Å². The van der Waals surface area contributed by atoms with Gasteiger partial charge in [-0.25, -0.2) is 0 Å². The van der Waals surface area contributed by atoms with Gasteiger partial charge in [-0.1, -0.05) is 0 Å². The summed E-state index contributed by atoms with van der Waals surface area (Å²) in [7, 11) is 1.33. The van der Waals surface area contributed by atoms with Gasteiger partial charge in [0.15, 0.2) is 0 Å². The number of methoxy groups -OCH3 is 1. The maximum Gasteiger partial charge on any atom is 0.311 e. The Balaban J connectivity index is 3.93. The summed E-state index contributed by atoms with van der Waals surface area (Å²) < 4.78 is 4.47. The van der Waals surface area contributed by atoms with Crippen molar-refractivity contribution in [3.63, 3.8) is 0 Å². The summed E-state index contributed by atoms with van der Waals surface area (Å²) >= 11 is 0. The Morgan fingerprint density at radius 3 is 2.30 bits per heavy atom. The van der Waals surface area contributed by atoms with E-state index >= 15 is 0 Å². The lowest BCUT2D eigenvalue weighted by molar-refractivity contribution is -0.145. The molecule has 0 spiro atoms. The lowest BCUT2D eigenvalue weighted by atomic mass is 10.0. The van der Waals surface area contributed by atoms with Gasteiger partial charge in [0.2, 0.25) is 0 Å². The van der Waals surface area contributed by atoms with Crippen molar-refractivity contribution < 1.29 is 9.53 Å². The fourth-order valence-corrected chi connectivity index (χ4v) is 0.677. The zero-order valence-corrected chi connectivity index (χ0v) is 6.33. The Morgan fingerprint density at radius 2 is 2.20 bits per heavy atom. The van der Waals surface area contributed by atoms with Crippen LogP contribution in [0.25, 0.3) is 0 Å². The first-order valence-electron chi connectivity index (χ1n) is 3.17. The molecule has 0 amide bonds. The normalized spacial score (nSPS) is 16.0. The van der Waals surface area contributed by atoms with E-state index in [9.17, 15) is 4.79 Å². The molecule has 0 aromatic heterocycles. The average molecular weight is 146 g/mol. The molecule has 0 fully saturated rings. The number of esters is 1. The molecule has 0 saturated carbocycles.